The summed E-state index contributed by atoms with van der Waals surface area (Å²) in [6.07, 6.45) is 0. The molecule has 0 aromatic heterocycles. The van der Waals surface area contributed by atoms with Gasteiger partial charge in [-0.1, -0.05) is 22.2 Å². The van der Waals surface area contributed by atoms with Gasteiger partial charge >= 0.3 is 6.69 Å². The van der Waals surface area contributed by atoms with Gasteiger partial charge in [-0.25, -0.2) is 0 Å². The number of hydrogen-bond acceptors (Lipinski definition) is 0. The van der Waals surface area contributed by atoms with Gasteiger partial charge in [-0.2, -0.15) is 0 Å². The Balaban J connectivity index is 3.02. The lowest BCUT2D eigenvalue weighted by molar-refractivity contribution is 2.20. The Morgan fingerprint density at radius 3 is 1.60 bits per heavy atom. The highest BCUT2D eigenvalue weighted by Crippen LogP contribution is 2.09. The smallest absolute Gasteiger partial charge is 0.0917 e. The van der Waals surface area contributed by atoms with Crippen molar-refractivity contribution in [2.24, 2.45) is 0 Å². The van der Waals surface area contributed by atoms with Gasteiger partial charge in [0, 0.05) is 13.1 Å². The summed E-state index contributed by atoms with van der Waals surface area (Å²) >= 11 is 10.6. The van der Waals surface area contributed by atoms with Crippen molar-refractivity contribution >= 4 is 28.9 Å². The van der Waals surface area contributed by atoms with E-state index in [4.69, 9.17) is 22.2 Å². The molecule has 0 radical (unpaired) electrons. The van der Waals surface area contributed by atoms with Crippen LogP contribution in [0.4, 0.5) is 0 Å². The summed E-state index contributed by atoms with van der Waals surface area (Å²) in [6.45, 7) is 3.27. The maximum absolute atomic E-state index is 5.32. The van der Waals surface area contributed by atoms with Gasteiger partial charge in [0.25, 0.3) is 0 Å². The van der Waals surface area contributed by atoms with E-state index in [1.54, 1.807) is 6.55 Å². The van der Waals surface area contributed by atoms with Gasteiger partial charge in [-0.15, -0.1) is 0 Å². The Morgan fingerprint density at radius 2 is 1.60 bits per heavy atom. The Hall–Kier alpha value is 0.667. The van der Waals surface area contributed by atoms with Crippen LogP contribution in [0.25, 0.3) is 0 Å². The molecule has 0 bridgehead atoms. The molecule has 0 spiro atoms. The number of rotatable bonds is 0. The molecule has 0 unspecified atom stereocenters. The van der Waals surface area contributed by atoms with Crippen molar-refractivity contribution in [3.63, 3.8) is 0 Å². The molecule has 0 heterocycles. The van der Waals surface area contributed by atoms with E-state index in [0.717, 1.165) is 0 Å². The minimum atomic E-state index is -1.92. The SMILES string of the molecule is [CH2+][Si](C)(Cl)Cl. The van der Waals surface area contributed by atoms with E-state index in [0.29, 0.717) is 0 Å². The summed E-state index contributed by atoms with van der Waals surface area (Å²) in [4.78, 5) is 0. The van der Waals surface area contributed by atoms with Crippen molar-refractivity contribution in [2.45, 2.75) is 6.55 Å². The minimum absolute atomic E-state index is 1.75. The molecule has 0 aliphatic carbocycles. The van der Waals surface area contributed by atoms with Crippen molar-refractivity contribution in [2.75, 3.05) is 0 Å². The molecule has 0 rings (SSSR count). The molecule has 0 aromatic carbocycles. The number of hydrogen-bond donors (Lipinski definition) is 0. The summed E-state index contributed by atoms with van der Waals surface area (Å²) in [5, 5.41) is 0. The van der Waals surface area contributed by atoms with Crippen LogP contribution in [0.5, 0.6) is 0 Å². The lowest BCUT2D eigenvalue weighted by Gasteiger charge is -1.80. The molecule has 0 fully saturated rings. The molecule has 0 saturated heterocycles. The third-order valence-electron chi connectivity index (χ3n) is 0. The van der Waals surface area contributed by atoms with Gasteiger partial charge in [0.05, 0.1) is 0 Å². The van der Waals surface area contributed by atoms with Crippen LogP contribution in [-0.4, -0.2) is 6.69 Å². The quantitative estimate of drug-likeness (QED) is 0.265. The van der Waals surface area contributed by atoms with Crippen molar-refractivity contribution in [1.82, 2.24) is 0 Å². The minimum Gasteiger partial charge on any atom is -0.0917 e. The predicted molar refractivity (Wildman–Crippen MR) is 28.7 cm³/mol. The van der Waals surface area contributed by atoms with Crippen LogP contribution in [0, 0.1) is 6.55 Å². The monoisotopic (exact) mass is 127 g/mol. The van der Waals surface area contributed by atoms with Crippen molar-refractivity contribution in [1.29, 1.82) is 0 Å². The summed E-state index contributed by atoms with van der Waals surface area (Å²) in [5.74, 6) is 0. The molecular weight excluding hydrogens is 123 g/mol. The topological polar surface area (TPSA) is 0 Å². The first kappa shape index (κ1) is 5.67. The molecule has 0 aliphatic rings. The van der Waals surface area contributed by atoms with E-state index in [9.17, 15) is 0 Å². The third kappa shape index (κ3) is 74.6. The molecule has 0 aliphatic heterocycles. The molecule has 0 saturated carbocycles. The molecule has 30 valence electrons. The average Bonchev–Trinajstić information content (AvgIpc) is 0.722. The fraction of sp³-hybridized carbons (Fsp3) is 0.500. The molecule has 0 atom stereocenters. The van der Waals surface area contributed by atoms with Crippen molar-refractivity contribution in [3.8, 4) is 0 Å². The molecule has 5 heavy (non-hydrogen) atoms. The van der Waals surface area contributed by atoms with E-state index < -0.39 is 6.69 Å². The lowest BCUT2D eigenvalue weighted by atomic mass is 11.9. The van der Waals surface area contributed by atoms with E-state index in [1.165, 1.54) is 0 Å². The van der Waals surface area contributed by atoms with Crippen LogP contribution in [0.15, 0.2) is 0 Å². The van der Waals surface area contributed by atoms with Gasteiger partial charge < -0.3 is 0 Å². The summed E-state index contributed by atoms with van der Waals surface area (Å²) in [7, 11) is 0. The van der Waals surface area contributed by atoms with Gasteiger partial charge in [0.1, 0.15) is 0 Å². The van der Waals surface area contributed by atoms with E-state index in [1.807, 2.05) is 0 Å². The number of halogens is 2. The Morgan fingerprint density at radius 1 is 1.60 bits per heavy atom. The van der Waals surface area contributed by atoms with Crippen LogP contribution in [0.1, 0.15) is 0 Å². The van der Waals surface area contributed by atoms with Gasteiger partial charge in [-0.3, -0.25) is 0 Å². The highest BCUT2D eigenvalue weighted by Gasteiger charge is 2.23. The van der Waals surface area contributed by atoms with E-state index >= 15 is 0 Å². The van der Waals surface area contributed by atoms with Crippen LogP contribution in [0.3, 0.4) is 0 Å². The summed E-state index contributed by atoms with van der Waals surface area (Å²) in [5.41, 5.74) is 0. The highest BCUT2D eigenvalue weighted by molar-refractivity contribution is 7.45. The zero-order valence-electron chi connectivity index (χ0n) is 2.96. The average molecular weight is 128 g/mol. The molecule has 0 aromatic rings. The fourth-order valence-electron chi connectivity index (χ4n) is 0. The van der Waals surface area contributed by atoms with Gasteiger partial charge in [0.15, 0.2) is 0 Å². The zero-order valence-corrected chi connectivity index (χ0v) is 5.47. The molecular formula is C2H5Cl2Si+. The maximum atomic E-state index is 5.32. The second kappa shape index (κ2) is 1.41. The van der Waals surface area contributed by atoms with Crippen LogP contribution >= 0.6 is 22.2 Å². The Labute approximate surface area is 42.5 Å². The van der Waals surface area contributed by atoms with Crippen LogP contribution in [0.2, 0.25) is 6.55 Å². The van der Waals surface area contributed by atoms with Crippen molar-refractivity contribution < 1.29 is 0 Å². The van der Waals surface area contributed by atoms with Crippen molar-refractivity contribution in [3.05, 3.63) is 6.55 Å². The molecule has 0 nitrogen and oxygen atoms in total. The standard InChI is InChI=1S/C2H5Cl2Si/c1-5(2,3)4/h1H2,2H3/q+1. The second-order valence-corrected chi connectivity index (χ2v) is 8.80. The van der Waals surface area contributed by atoms with E-state index in [-0.39, 0.29) is 0 Å². The molecule has 0 N–H and O–H groups in total. The highest BCUT2D eigenvalue weighted by atomic mass is 35.7. The molecule has 3 heteroatoms. The largest absolute Gasteiger partial charge is 0.456 e. The van der Waals surface area contributed by atoms with Gasteiger partial charge in [0.2, 0.25) is 0 Å². The summed E-state index contributed by atoms with van der Waals surface area (Å²) in [6, 6.07) is 0. The first-order valence-electron chi connectivity index (χ1n) is 1.23. The Bertz CT molecular complexity index is 23.1. The maximum Gasteiger partial charge on any atom is 0.456 e. The normalized spacial score (nSPS) is 11.8. The second-order valence-electron chi connectivity index (χ2n) is 1.07. The molecule has 0 amide bonds. The fourth-order valence-corrected chi connectivity index (χ4v) is 0. The predicted octanol–water partition coefficient (Wildman–Crippen LogP) is 1.91. The zero-order chi connectivity index (χ0) is 4.50. The first-order valence-corrected chi connectivity index (χ1v) is 5.96. The third-order valence-corrected chi connectivity index (χ3v) is 0. The lowest BCUT2D eigenvalue weighted by Crippen LogP contribution is -2.03. The first-order chi connectivity index (χ1) is 2.00. The van der Waals surface area contributed by atoms with Crippen LogP contribution < -0.4 is 0 Å². The summed E-state index contributed by atoms with van der Waals surface area (Å²) < 4.78 is 0. The van der Waals surface area contributed by atoms with Crippen LogP contribution in [-0.2, 0) is 0 Å². The van der Waals surface area contributed by atoms with E-state index in [2.05, 4.69) is 6.55 Å². The van der Waals surface area contributed by atoms with Gasteiger partial charge in [-0.05, 0) is 0 Å². The Kier molecular flexibility index (Phi) is 1.60.